The van der Waals surface area contributed by atoms with E-state index in [0.717, 1.165) is 83.0 Å². The number of piperazine rings is 1. The standard InChI is InChI=1S/C42H42F3N9O2/c1-24-30(9-6-10-35(24)42(43,44)45)25(2)47-40-33-21-36(46-22-34(33)26(3)49-50-40)28-8-5-7-27(19-28)23-53-15-17-54(18-16-53)29-11-12-31-37(20-29)52(4)51-39(31)32-13-14-38(55)48-41(32)56/h5-12,19-22,25,32H,13-18,23H2,1-4H3,(H,47,50)(H,48,55,56). The van der Waals surface area contributed by atoms with Crippen LogP contribution in [0.1, 0.15) is 65.4 Å². The van der Waals surface area contributed by atoms with Crippen LogP contribution in [0.5, 0.6) is 0 Å². The molecule has 5 heterocycles. The fraction of sp³-hybridized carbons (Fsp3) is 0.333. The first-order valence-electron chi connectivity index (χ1n) is 18.8. The first-order valence-corrected chi connectivity index (χ1v) is 18.8. The molecule has 6 aromatic rings. The highest BCUT2D eigenvalue weighted by atomic mass is 19.4. The number of aromatic nitrogens is 5. The van der Waals surface area contributed by atoms with Gasteiger partial charge in [0.2, 0.25) is 11.8 Å². The van der Waals surface area contributed by atoms with E-state index >= 15 is 0 Å². The number of pyridine rings is 1. The molecule has 3 aromatic carbocycles. The number of imide groups is 1. The van der Waals surface area contributed by atoms with Gasteiger partial charge in [0.25, 0.3) is 0 Å². The maximum atomic E-state index is 13.7. The summed E-state index contributed by atoms with van der Waals surface area (Å²) in [5.74, 6) is -0.481. The molecule has 56 heavy (non-hydrogen) atoms. The van der Waals surface area contributed by atoms with Crippen molar-refractivity contribution in [3.05, 3.63) is 107 Å². The number of nitrogens with one attached hydrogen (secondary N) is 2. The first-order chi connectivity index (χ1) is 26.8. The van der Waals surface area contributed by atoms with E-state index < -0.39 is 23.7 Å². The fourth-order valence-electron chi connectivity index (χ4n) is 8.08. The largest absolute Gasteiger partial charge is 0.416 e. The molecule has 2 aliphatic rings. The number of anilines is 2. The van der Waals surface area contributed by atoms with Crippen molar-refractivity contribution in [2.24, 2.45) is 7.05 Å². The normalized spacial score (nSPS) is 17.4. The summed E-state index contributed by atoms with van der Waals surface area (Å²) in [6.45, 7) is 9.40. The number of halogens is 3. The number of aryl methyl sites for hydroxylation is 2. The highest BCUT2D eigenvalue weighted by Gasteiger charge is 2.34. The lowest BCUT2D eigenvalue weighted by Gasteiger charge is -2.36. The van der Waals surface area contributed by atoms with Gasteiger partial charge in [0.05, 0.1) is 40.1 Å². The smallest absolute Gasteiger partial charge is 0.369 e. The van der Waals surface area contributed by atoms with Crippen LogP contribution in [0.3, 0.4) is 0 Å². The van der Waals surface area contributed by atoms with Gasteiger partial charge in [-0.05, 0) is 80.3 Å². The predicted octanol–water partition coefficient (Wildman–Crippen LogP) is 7.23. The fourth-order valence-corrected chi connectivity index (χ4v) is 8.08. The molecular weight excluding hydrogens is 720 g/mol. The Bertz CT molecular complexity index is 2490. The number of amides is 2. The molecule has 2 aliphatic heterocycles. The highest BCUT2D eigenvalue weighted by Crippen LogP contribution is 2.37. The van der Waals surface area contributed by atoms with E-state index in [1.54, 1.807) is 12.3 Å². The Balaban J connectivity index is 0.957. The van der Waals surface area contributed by atoms with Gasteiger partial charge in [-0.2, -0.15) is 23.4 Å². The van der Waals surface area contributed by atoms with Crippen molar-refractivity contribution in [3.8, 4) is 11.3 Å². The predicted molar refractivity (Wildman–Crippen MR) is 209 cm³/mol. The zero-order valence-electron chi connectivity index (χ0n) is 31.6. The van der Waals surface area contributed by atoms with Crippen LogP contribution in [0.25, 0.3) is 32.9 Å². The van der Waals surface area contributed by atoms with Gasteiger partial charge in [-0.1, -0.05) is 30.3 Å². The van der Waals surface area contributed by atoms with Crippen LogP contribution in [0.4, 0.5) is 24.7 Å². The maximum absolute atomic E-state index is 13.7. The van der Waals surface area contributed by atoms with Crippen molar-refractivity contribution < 1.29 is 22.8 Å². The van der Waals surface area contributed by atoms with Crippen molar-refractivity contribution in [1.82, 2.24) is 35.2 Å². The second-order valence-electron chi connectivity index (χ2n) is 14.8. The molecule has 288 valence electrons. The minimum Gasteiger partial charge on any atom is -0.369 e. The molecule has 8 rings (SSSR count). The van der Waals surface area contributed by atoms with Crippen LogP contribution >= 0.6 is 0 Å². The third-order valence-electron chi connectivity index (χ3n) is 11.1. The van der Waals surface area contributed by atoms with E-state index in [0.29, 0.717) is 35.6 Å². The minimum absolute atomic E-state index is 0.179. The van der Waals surface area contributed by atoms with Gasteiger partial charge in [0.1, 0.15) is 0 Å². The number of carbonyl (C=O) groups is 2. The molecule has 0 aliphatic carbocycles. The molecule has 2 unspecified atom stereocenters. The van der Waals surface area contributed by atoms with E-state index in [2.05, 4.69) is 54.9 Å². The van der Waals surface area contributed by atoms with E-state index in [1.165, 1.54) is 13.0 Å². The lowest BCUT2D eigenvalue weighted by atomic mass is 9.93. The Morgan fingerprint density at radius 2 is 1.71 bits per heavy atom. The number of piperidine rings is 1. The van der Waals surface area contributed by atoms with Crippen molar-refractivity contribution in [3.63, 3.8) is 0 Å². The summed E-state index contributed by atoms with van der Waals surface area (Å²) in [4.78, 5) is 33.9. The van der Waals surface area contributed by atoms with E-state index in [4.69, 9.17) is 10.1 Å². The SMILES string of the molecule is Cc1c(C(C)Nc2nnc(C)c3cnc(-c4cccc(CN5CCN(c6ccc7c(C8CCC(=O)NC8=O)nn(C)c7c6)CC5)c4)cc23)cccc1C(F)(F)F. The first kappa shape index (κ1) is 37.1. The van der Waals surface area contributed by atoms with Gasteiger partial charge >= 0.3 is 6.18 Å². The molecule has 0 radical (unpaired) electrons. The summed E-state index contributed by atoms with van der Waals surface area (Å²) in [6, 6.07) is 20.3. The summed E-state index contributed by atoms with van der Waals surface area (Å²) in [7, 11) is 1.89. The molecular formula is C42H42F3N9O2. The number of hydrogen-bond acceptors (Lipinski definition) is 9. The molecule has 2 N–H and O–H groups in total. The molecule has 3 aromatic heterocycles. The van der Waals surface area contributed by atoms with Gasteiger partial charge in [-0.3, -0.25) is 29.5 Å². The van der Waals surface area contributed by atoms with Crippen LogP contribution in [0.15, 0.2) is 72.9 Å². The Kier molecular flexibility index (Phi) is 9.69. The number of carbonyl (C=O) groups excluding carboxylic acids is 2. The van der Waals surface area contributed by atoms with Crippen LogP contribution < -0.4 is 15.5 Å². The maximum Gasteiger partial charge on any atom is 0.416 e. The van der Waals surface area contributed by atoms with Crippen molar-refractivity contribution in [2.45, 2.75) is 58.3 Å². The molecule has 14 heteroatoms. The lowest BCUT2D eigenvalue weighted by Crippen LogP contribution is -2.45. The summed E-state index contributed by atoms with van der Waals surface area (Å²) in [6.07, 6.45) is -1.88. The number of alkyl halides is 3. The van der Waals surface area contributed by atoms with Gasteiger partial charge in [-0.15, -0.1) is 5.10 Å². The Hall–Kier alpha value is -5.89. The Morgan fingerprint density at radius 3 is 2.48 bits per heavy atom. The molecule has 0 spiro atoms. The second-order valence-corrected chi connectivity index (χ2v) is 14.8. The van der Waals surface area contributed by atoms with Gasteiger partial charge in [-0.25, -0.2) is 0 Å². The number of hydrogen-bond donors (Lipinski definition) is 2. The van der Waals surface area contributed by atoms with Crippen molar-refractivity contribution >= 4 is 45.0 Å². The molecule has 2 amide bonds. The number of nitrogens with zero attached hydrogens (tertiary/aromatic N) is 7. The van der Waals surface area contributed by atoms with Crippen molar-refractivity contribution in [2.75, 3.05) is 36.4 Å². The van der Waals surface area contributed by atoms with Crippen LogP contribution in [0, 0.1) is 13.8 Å². The summed E-state index contributed by atoms with van der Waals surface area (Å²) >= 11 is 0. The minimum atomic E-state index is -4.44. The molecule has 11 nitrogen and oxygen atoms in total. The van der Waals surface area contributed by atoms with Gasteiger partial charge in [0.15, 0.2) is 5.82 Å². The average Bonchev–Trinajstić information content (AvgIpc) is 3.50. The molecule has 0 saturated carbocycles. The van der Waals surface area contributed by atoms with Crippen LogP contribution in [-0.2, 0) is 29.4 Å². The number of fused-ring (bicyclic) bond motifs is 2. The lowest BCUT2D eigenvalue weighted by molar-refractivity contribution is -0.138. The van der Waals surface area contributed by atoms with Gasteiger partial charge < -0.3 is 10.2 Å². The molecule has 2 fully saturated rings. The van der Waals surface area contributed by atoms with E-state index in [9.17, 15) is 22.8 Å². The van der Waals surface area contributed by atoms with Crippen LogP contribution in [-0.4, -0.2) is 67.9 Å². The Labute approximate surface area is 321 Å². The zero-order valence-corrected chi connectivity index (χ0v) is 31.6. The third kappa shape index (κ3) is 7.16. The molecule has 2 atom stereocenters. The van der Waals surface area contributed by atoms with Crippen molar-refractivity contribution in [1.29, 1.82) is 0 Å². The molecule has 0 bridgehead atoms. The topological polar surface area (TPSA) is 121 Å². The van der Waals surface area contributed by atoms with E-state index in [-0.39, 0.29) is 17.4 Å². The summed E-state index contributed by atoms with van der Waals surface area (Å²) in [5.41, 5.74) is 6.41. The number of rotatable bonds is 8. The summed E-state index contributed by atoms with van der Waals surface area (Å²) in [5, 5.41) is 21.7. The monoisotopic (exact) mass is 761 g/mol. The zero-order chi connectivity index (χ0) is 39.3. The van der Waals surface area contributed by atoms with E-state index in [1.807, 2.05) is 49.8 Å². The van der Waals surface area contributed by atoms with Gasteiger partial charge in [0, 0.05) is 79.8 Å². The quantitative estimate of drug-likeness (QED) is 0.155. The second kappa shape index (κ2) is 14.6. The third-order valence-corrected chi connectivity index (χ3v) is 11.1. The number of benzene rings is 3. The van der Waals surface area contributed by atoms with Crippen LogP contribution in [0.2, 0.25) is 0 Å². The highest BCUT2D eigenvalue weighted by molar-refractivity contribution is 6.02. The molecule has 2 saturated heterocycles. The summed E-state index contributed by atoms with van der Waals surface area (Å²) < 4.78 is 42.8. The Morgan fingerprint density at radius 1 is 0.929 bits per heavy atom. The average molecular weight is 762 g/mol.